The third-order valence-corrected chi connectivity index (χ3v) is 4.67. The van der Waals surface area contributed by atoms with Gasteiger partial charge >= 0.3 is 0 Å². The molecule has 0 saturated carbocycles. The van der Waals surface area contributed by atoms with Gasteiger partial charge in [-0.2, -0.15) is 0 Å². The molecule has 1 amide bonds. The van der Waals surface area contributed by atoms with Crippen LogP contribution in [0.15, 0.2) is 35.7 Å². The fourth-order valence-electron chi connectivity index (χ4n) is 2.41. The largest absolute Gasteiger partial charge is 0.454 e. The molecule has 1 aliphatic rings. The third-order valence-electron chi connectivity index (χ3n) is 3.69. The fraction of sp³-hybridized carbons (Fsp3) is 0.312. The highest BCUT2D eigenvalue weighted by Gasteiger charge is 2.21. The van der Waals surface area contributed by atoms with Crippen LogP contribution in [0.3, 0.4) is 0 Å². The van der Waals surface area contributed by atoms with Crippen molar-refractivity contribution in [1.29, 1.82) is 0 Å². The number of hydrogen-bond donors (Lipinski definition) is 2. The molecule has 116 valence electrons. The Hall–Kier alpha value is -2.05. The lowest BCUT2D eigenvalue weighted by atomic mass is 10.1. The van der Waals surface area contributed by atoms with E-state index < -0.39 is 0 Å². The summed E-state index contributed by atoms with van der Waals surface area (Å²) in [6.07, 6.45) is 0. The van der Waals surface area contributed by atoms with Crippen molar-refractivity contribution in [2.75, 3.05) is 27.4 Å². The lowest BCUT2D eigenvalue weighted by Crippen LogP contribution is -3.06. The number of nitrogens with one attached hydrogen (secondary N) is 2. The molecule has 0 fully saturated rings. The highest BCUT2D eigenvalue weighted by Crippen LogP contribution is 2.32. The molecule has 0 radical (unpaired) electrons. The maximum absolute atomic E-state index is 12.3. The van der Waals surface area contributed by atoms with Gasteiger partial charge in [0.05, 0.1) is 25.5 Å². The first-order chi connectivity index (χ1) is 10.6. The molecule has 5 nitrogen and oxygen atoms in total. The summed E-state index contributed by atoms with van der Waals surface area (Å²) < 4.78 is 10.6. The molecule has 0 saturated heterocycles. The summed E-state index contributed by atoms with van der Waals surface area (Å²) in [7, 11) is 4.19. The molecule has 2 N–H and O–H groups in total. The van der Waals surface area contributed by atoms with Crippen LogP contribution in [0, 0.1) is 0 Å². The summed E-state index contributed by atoms with van der Waals surface area (Å²) in [6.45, 7) is 0.807. The summed E-state index contributed by atoms with van der Waals surface area (Å²) in [5, 5.41) is 5.07. The Bertz CT molecular complexity index is 655. The maximum Gasteiger partial charge on any atom is 0.251 e. The number of ether oxygens (including phenoxy) is 2. The molecule has 1 aromatic carbocycles. The topological polar surface area (TPSA) is 52.0 Å². The summed E-state index contributed by atoms with van der Waals surface area (Å²) in [6, 6.07) is 9.64. The predicted octanol–water partition coefficient (Wildman–Crippen LogP) is 1.09. The first-order valence-corrected chi connectivity index (χ1v) is 8.04. The second-order valence-electron chi connectivity index (χ2n) is 5.42. The van der Waals surface area contributed by atoms with Gasteiger partial charge in [-0.15, -0.1) is 11.3 Å². The lowest BCUT2D eigenvalue weighted by Gasteiger charge is -2.20. The Balaban J connectivity index is 1.66. The fourth-order valence-corrected chi connectivity index (χ4v) is 3.37. The van der Waals surface area contributed by atoms with Crippen LogP contribution < -0.4 is 19.7 Å². The summed E-state index contributed by atoms with van der Waals surface area (Å²) in [5.41, 5.74) is 0.586. The van der Waals surface area contributed by atoms with Crippen molar-refractivity contribution in [2.24, 2.45) is 0 Å². The number of hydrogen-bond acceptors (Lipinski definition) is 4. The summed E-state index contributed by atoms with van der Waals surface area (Å²) in [5.74, 6) is 1.22. The molecule has 3 rings (SSSR count). The summed E-state index contributed by atoms with van der Waals surface area (Å²) >= 11 is 1.71. The van der Waals surface area contributed by atoms with Gasteiger partial charge in [0.15, 0.2) is 11.5 Å². The second-order valence-corrected chi connectivity index (χ2v) is 6.40. The number of carbonyl (C=O) groups is 1. The van der Waals surface area contributed by atoms with Crippen LogP contribution in [0.25, 0.3) is 0 Å². The quantitative estimate of drug-likeness (QED) is 0.867. The Morgan fingerprint density at radius 1 is 1.32 bits per heavy atom. The van der Waals surface area contributed by atoms with E-state index in [1.165, 1.54) is 9.78 Å². The molecule has 1 atom stereocenters. The van der Waals surface area contributed by atoms with E-state index in [4.69, 9.17) is 9.47 Å². The zero-order chi connectivity index (χ0) is 15.5. The van der Waals surface area contributed by atoms with E-state index in [1.54, 1.807) is 29.5 Å². The zero-order valence-electron chi connectivity index (χ0n) is 12.6. The van der Waals surface area contributed by atoms with Crippen LogP contribution in [0.4, 0.5) is 0 Å². The van der Waals surface area contributed by atoms with E-state index in [2.05, 4.69) is 30.9 Å². The molecule has 1 aromatic heterocycles. The molecule has 0 unspecified atom stereocenters. The highest BCUT2D eigenvalue weighted by atomic mass is 32.1. The molecule has 0 aliphatic carbocycles. The second kappa shape index (κ2) is 6.37. The van der Waals surface area contributed by atoms with Gasteiger partial charge in [0.2, 0.25) is 6.79 Å². The van der Waals surface area contributed by atoms with Gasteiger partial charge in [0.1, 0.15) is 6.04 Å². The van der Waals surface area contributed by atoms with Crippen LogP contribution in [0.2, 0.25) is 0 Å². The third kappa shape index (κ3) is 3.08. The highest BCUT2D eigenvalue weighted by molar-refractivity contribution is 7.10. The number of quaternary nitrogens is 1. The zero-order valence-corrected chi connectivity index (χ0v) is 13.4. The molecule has 2 heterocycles. The van der Waals surface area contributed by atoms with Crippen LogP contribution in [-0.4, -0.2) is 33.3 Å². The van der Waals surface area contributed by atoms with Gasteiger partial charge in [0, 0.05) is 5.56 Å². The summed E-state index contributed by atoms with van der Waals surface area (Å²) in [4.78, 5) is 14.9. The molecule has 0 bridgehead atoms. The van der Waals surface area contributed by atoms with Gasteiger partial charge in [-0.25, -0.2) is 0 Å². The van der Waals surface area contributed by atoms with Crippen LogP contribution in [0.1, 0.15) is 21.3 Å². The van der Waals surface area contributed by atoms with Crippen LogP contribution in [0.5, 0.6) is 11.5 Å². The van der Waals surface area contributed by atoms with Crippen LogP contribution in [-0.2, 0) is 0 Å². The number of benzene rings is 1. The predicted molar refractivity (Wildman–Crippen MR) is 84.8 cm³/mol. The Morgan fingerprint density at radius 2 is 2.14 bits per heavy atom. The van der Waals surface area contributed by atoms with Crippen molar-refractivity contribution in [1.82, 2.24) is 5.32 Å². The number of carbonyl (C=O) groups excluding carboxylic acids is 1. The number of thiophene rings is 1. The van der Waals surface area contributed by atoms with E-state index in [0.717, 1.165) is 0 Å². The van der Waals surface area contributed by atoms with Crippen LogP contribution >= 0.6 is 11.3 Å². The number of amides is 1. The van der Waals surface area contributed by atoms with E-state index in [0.29, 0.717) is 23.6 Å². The molecular weight excluding hydrogens is 300 g/mol. The van der Waals surface area contributed by atoms with Crippen molar-refractivity contribution in [3.05, 3.63) is 46.2 Å². The van der Waals surface area contributed by atoms with Crippen molar-refractivity contribution in [3.8, 4) is 11.5 Å². The molecule has 1 aliphatic heterocycles. The monoisotopic (exact) mass is 319 g/mol. The first-order valence-electron chi connectivity index (χ1n) is 7.16. The molecule has 0 spiro atoms. The normalized spacial score (nSPS) is 14.1. The number of likely N-dealkylation sites (N-methyl/N-ethyl adjacent to an activating group) is 1. The lowest BCUT2D eigenvalue weighted by molar-refractivity contribution is -0.890. The minimum absolute atomic E-state index is 0.0962. The Morgan fingerprint density at radius 3 is 2.86 bits per heavy atom. The van der Waals surface area contributed by atoms with E-state index >= 15 is 0 Å². The number of fused-ring (bicyclic) bond motifs is 1. The molecular formula is C16H19N2O3S+. The van der Waals surface area contributed by atoms with E-state index in [-0.39, 0.29) is 18.7 Å². The average molecular weight is 319 g/mol. The van der Waals surface area contributed by atoms with E-state index in [9.17, 15) is 4.79 Å². The molecule has 6 heteroatoms. The van der Waals surface area contributed by atoms with Gasteiger partial charge in [-0.3, -0.25) is 4.79 Å². The minimum Gasteiger partial charge on any atom is -0.454 e. The standard InChI is InChI=1S/C16H18N2O3S/c1-18(2)12(15-4-3-7-22-15)9-17-16(19)11-5-6-13-14(8-11)21-10-20-13/h3-8,12H,9-10H2,1-2H3,(H,17,19)/p+1/t12-/m1/s1. The molecule has 2 aromatic rings. The molecule has 22 heavy (non-hydrogen) atoms. The Kier molecular flexibility index (Phi) is 4.31. The smallest absolute Gasteiger partial charge is 0.251 e. The van der Waals surface area contributed by atoms with Gasteiger partial charge in [-0.05, 0) is 29.6 Å². The average Bonchev–Trinajstić information content (AvgIpc) is 3.17. The van der Waals surface area contributed by atoms with E-state index in [1.807, 2.05) is 6.07 Å². The first kappa shape index (κ1) is 14.9. The number of rotatable bonds is 5. The van der Waals surface area contributed by atoms with Crippen molar-refractivity contribution >= 4 is 17.2 Å². The SMILES string of the molecule is C[NH+](C)[C@H](CNC(=O)c1ccc2c(c1)OCO2)c1cccs1. The van der Waals surface area contributed by atoms with Gasteiger partial charge in [0.25, 0.3) is 5.91 Å². The minimum atomic E-state index is -0.0962. The van der Waals surface area contributed by atoms with Gasteiger partial charge in [-0.1, -0.05) is 6.07 Å². The Labute approximate surface area is 133 Å². The van der Waals surface area contributed by atoms with Crippen molar-refractivity contribution < 1.29 is 19.2 Å². The van der Waals surface area contributed by atoms with Crippen molar-refractivity contribution in [3.63, 3.8) is 0 Å². The maximum atomic E-state index is 12.3. The van der Waals surface area contributed by atoms with Crippen molar-refractivity contribution in [2.45, 2.75) is 6.04 Å². The van der Waals surface area contributed by atoms with Gasteiger partial charge < -0.3 is 19.7 Å².